The van der Waals surface area contributed by atoms with Crippen molar-refractivity contribution in [2.75, 3.05) is 60.4 Å². The fourth-order valence-corrected chi connectivity index (χ4v) is 1.63. The zero-order valence-electron chi connectivity index (χ0n) is 9.29. The highest BCUT2D eigenvalue weighted by Gasteiger charge is 2.07. The number of likely N-dealkylation sites (N-methyl/N-ethyl adjacent to an activating group) is 3. The molecule has 0 unspecified atom stereocenters. The van der Waals surface area contributed by atoms with E-state index >= 15 is 0 Å². The fourth-order valence-electron chi connectivity index (χ4n) is 1.63. The lowest BCUT2D eigenvalue weighted by atomic mass is 10.3. The Morgan fingerprint density at radius 3 is 1.23 bits per heavy atom. The minimum Gasteiger partial charge on any atom is -0.305 e. The molecule has 1 aliphatic heterocycles. The first kappa shape index (κ1) is 11.0. The van der Waals surface area contributed by atoms with Gasteiger partial charge in [-0.1, -0.05) is 0 Å². The molecule has 0 aromatic heterocycles. The van der Waals surface area contributed by atoms with Gasteiger partial charge in [0.15, 0.2) is 0 Å². The normalized spacial score (nSPS) is 26.1. The second kappa shape index (κ2) is 5.58. The van der Waals surface area contributed by atoms with Crippen LogP contribution in [0.3, 0.4) is 0 Å². The van der Waals surface area contributed by atoms with Crippen LogP contribution in [0.4, 0.5) is 0 Å². The van der Waals surface area contributed by atoms with Gasteiger partial charge in [-0.2, -0.15) is 0 Å². The average molecular weight is 185 g/mol. The molecule has 3 heteroatoms. The Morgan fingerprint density at radius 1 is 0.538 bits per heavy atom. The highest BCUT2D eigenvalue weighted by Crippen LogP contribution is 1.96. The second-order valence-corrected chi connectivity index (χ2v) is 4.26. The Balaban J connectivity index is 2.32. The van der Waals surface area contributed by atoms with Crippen molar-refractivity contribution in [1.82, 2.24) is 14.7 Å². The van der Waals surface area contributed by atoms with E-state index in [1.165, 1.54) is 45.7 Å². The van der Waals surface area contributed by atoms with Gasteiger partial charge in [-0.15, -0.1) is 0 Å². The summed E-state index contributed by atoms with van der Waals surface area (Å²) in [6.45, 7) is 7.28. The van der Waals surface area contributed by atoms with Crippen LogP contribution < -0.4 is 0 Å². The maximum absolute atomic E-state index is 2.43. The van der Waals surface area contributed by atoms with Crippen LogP contribution >= 0.6 is 0 Å². The van der Waals surface area contributed by atoms with Crippen LogP contribution in [0, 0.1) is 0 Å². The SMILES string of the molecule is CN1CCCN(C)CCN(C)CC1. The average Bonchev–Trinajstić information content (AvgIpc) is 2.10. The van der Waals surface area contributed by atoms with Gasteiger partial charge in [0.25, 0.3) is 0 Å². The summed E-state index contributed by atoms with van der Waals surface area (Å²) >= 11 is 0. The lowest BCUT2D eigenvalue weighted by molar-refractivity contribution is 0.197. The first-order valence-corrected chi connectivity index (χ1v) is 5.24. The topological polar surface area (TPSA) is 9.72 Å². The quantitative estimate of drug-likeness (QED) is 0.533. The van der Waals surface area contributed by atoms with E-state index in [1.807, 2.05) is 0 Å². The lowest BCUT2D eigenvalue weighted by Gasteiger charge is -2.27. The Kier molecular flexibility index (Phi) is 4.70. The number of hydrogen-bond donors (Lipinski definition) is 0. The minimum atomic E-state index is 1.20. The molecule has 3 nitrogen and oxygen atoms in total. The third-order valence-corrected chi connectivity index (χ3v) is 2.81. The van der Waals surface area contributed by atoms with Gasteiger partial charge in [-0.05, 0) is 40.7 Å². The van der Waals surface area contributed by atoms with Gasteiger partial charge < -0.3 is 14.7 Å². The molecule has 0 aliphatic carbocycles. The number of nitrogens with zero attached hydrogens (tertiary/aromatic N) is 3. The Hall–Kier alpha value is -0.120. The van der Waals surface area contributed by atoms with Crippen molar-refractivity contribution in [3.63, 3.8) is 0 Å². The molecule has 1 fully saturated rings. The van der Waals surface area contributed by atoms with E-state index in [0.29, 0.717) is 0 Å². The van der Waals surface area contributed by atoms with Crippen LogP contribution in [0.5, 0.6) is 0 Å². The third kappa shape index (κ3) is 4.60. The Labute approximate surface area is 82.3 Å². The van der Waals surface area contributed by atoms with Crippen LogP contribution in [-0.2, 0) is 0 Å². The first-order chi connectivity index (χ1) is 6.18. The van der Waals surface area contributed by atoms with Gasteiger partial charge in [0.2, 0.25) is 0 Å². The molecule has 0 saturated carbocycles. The van der Waals surface area contributed by atoms with Gasteiger partial charge in [0.05, 0.1) is 0 Å². The van der Waals surface area contributed by atoms with E-state index in [-0.39, 0.29) is 0 Å². The highest BCUT2D eigenvalue weighted by atomic mass is 15.2. The number of rotatable bonds is 0. The molecule has 0 aromatic rings. The smallest absolute Gasteiger partial charge is 0.0107 e. The fraction of sp³-hybridized carbons (Fsp3) is 1.00. The molecule has 0 atom stereocenters. The van der Waals surface area contributed by atoms with Crippen LogP contribution in [0.25, 0.3) is 0 Å². The summed E-state index contributed by atoms with van der Waals surface area (Å²) in [6.07, 6.45) is 1.30. The standard InChI is InChI=1S/C10H23N3/c1-11-5-4-6-12(2)8-10-13(3)9-7-11/h4-10H2,1-3H3. The maximum atomic E-state index is 2.43. The third-order valence-electron chi connectivity index (χ3n) is 2.81. The van der Waals surface area contributed by atoms with Crippen molar-refractivity contribution in [1.29, 1.82) is 0 Å². The second-order valence-electron chi connectivity index (χ2n) is 4.26. The van der Waals surface area contributed by atoms with Crippen molar-refractivity contribution in [2.24, 2.45) is 0 Å². The van der Waals surface area contributed by atoms with E-state index in [4.69, 9.17) is 0 Å². The van der Waals surface area contributed by atoms with Gasteiger partial charge in [0, 0.05) is 26.2 Å². The van der Waals surface area contributed by atoms with E-state index in [0.717, 1.165) is 0 Å². The van der Waals surface area contributed by atoms with E-state index in [9.17, 15) is 0 Å². The molecule has 1 heterocycles. The largest absolute Gasteiger partial charge is 0.305 e. The molecule has 0 amide bonds. The summed E-state index contributed by atoms with van der Waals surface area (Å²) in [5.74, 6) is 0. The summed E-state index contributed by atoms with van der Waals surface area (Å²) in [4.78, 5) is 7.27. The molecule has 0 bridgehead atoms. The molecule has 0 spiro atoms. The van der Waals surface area contributed by atoms with E-state index in [2.05, 4.69) is 35.8 Å². The zero-order chi connectivity index (χ0) is 9.68. The van der Waals surface area contributed by atoms with Gasteiger partial charge in [0.1, 0.15) is 0 Å². The Bertz CT molecular complexity index is 124. The molecule has 0 radical (unpaired) electrons. The van der Waals surface area contributed by atoms with Crippen molar-refractivity contribution in [3.8, 4) is 0 Å². The van der Waals surface area contributed by atoms with Crippen molar-refractivity contribution in [3.05, 3.63) is 0 Å². The summed E-state index contributed by atoms with van der Waals surface area (Å²) in [5.41, 5.74) is 0. The zero-order valence-corrected chi connectivity index (χ0v) is 9.29. The summed E-state index contributed by atoms with van der Waals surface area (Å²) in [5, 5.41) is 0. The number of hydrogen-bond acceptors (Lipinski definition) is 3. The van der Waals surface area contributed by atoms with Crippen molar-refractivity contribution < 1.29 is 0 Å². The molecule has 13 heavy (non-hydrogen) atoms. The van der Waals surface area contributed by atoms with Gasteiger partial charge >= 0.3 is 0 Å². The molecule has 1 saturated heterocycles. The predicted octanol–water partition coefficient (Wildman–Crippen LogP) is 0.186. The highest BCUT2D eigenvalue weighted by molar-refractivity contribution is 4.63. The maximum Gasteiger partial charge on any atom is 0.0107 e. The van der Waals surface area contributed by atoms with Crippen LogP contribution in [0.15, 0.2) is 0 Å². The van der Waals surface area contributed by atoms with Crippen LogP contribution in [0.1, 0.15) is 6.42 Å². The van der Waals surface area contributed by atoms with Crippen LogP contribution in [0.2, 0.25) is 0 Å². The van der Waals surface area contributed by atoms with E-state index in [1.54, 1.807) is 0 Å². The van der Waals surface area contributed by atoms with Crippen molar-refractivity contribution in [2.45, 2.75) is 6.42 Å². The van der Waals surface area contributed by atoms with Gasteiger partial charge in [-0.3, -0.25) is 0 Å². The summed E-state index contributed by atoms with van der Waals surface area (Å²) in [6, 6.07) is 0. The monoisotopic (exact) mass is 185 g/mol. The molecule has 78 valence electrons. The Morgan fingerprint density at radius 2 is 0.846 bits per heavy atom. The summed E-state index contributed by atoms with van der Waals surface area (Å²) in [7, 11) is 6.65. The molecule has 0 aromatic carbocycles. The molecular formula is C10H23N3. The van der Waals surface area contributed by atoms with Gasteiger partial charge in [-0.25, -0.2) is 0 Å². The molecule has 1 rings (SSSR count). The van der Waals surface area contributed by atoms with Crippen molar-refractivity contribution >= 4 is 0 Å². The lowest BCUT2D eigenvalue weighted by Crippen LogP contribution is -2.39. The van der Waals surface area contributed by atoms with E-state index < -0.39 is 0 Å². The molecule has 0 N–H and O–H groups in total. The predicted molar refractivity (Wildman–Crippen MR) is 57.1 cm³/mol. The first-order valence-electron chi connectivity index (χ1n) is 5.24. The molecule has 1 aliphatic rings. The van der Waals surface area contributed by atoms with Crippen LogP contribution in [-0.4, -0.2) is 75.1 Å². The summed E-state index contributed by atoms with van der Waals surface area (Å²) < 4.78 is 0. The minimum absolute atomic E-state index is 1.20. The molecular weight excluding hydrogens is 162 g/mol.